The Balaban J connectivity index is 2.81. The van der Waals surface area contributed by atoms with E-state index in [1.165, 1.54) is 22.2 Å². The molecular weight excluding hydrogens is 329 g/mol. The van der Waals surface area contributed by atoms with Gasteiger partial charge in [-0.3, -0.25) is 3.97 Å². The molecule has 0 atom stereocenters. The lowest BCUT2D eigenvalue weighted by Crippen LogP contribution is -2.14. The van der Waals surface area contributed by atoms with Crippen LogP contribution in [-0.2, 0) is 0 Å². The maximum absolute atomic E-state index is 10.6. The largest absolute Gasteiger partial charge is 0.505 e. The number of aromatic hydroxyl groups is 1. The molecule has 3 aromatic rings. The zero-order valence-corrected chi connectivity index (χ0v) is 15.9. The second-order valence-electron chi connectivity index (χ2n) is 5.93. The van der Waals surface area contributed by atoms with Gasteiger partial charge in [-0.1, -0.05) is 23.8 Å². The van der Waals surface area contributed by atoms with Crippen LogP contribution in [0.1, 0.15) is 22.3 Å². The Kier molecular flexibility index (Phi) is 3.70. The Labute approximate surface area is 147 Å². The van der Waals surface area contributed by atoms with Crippen molar-refractivity contribution >= 4 is 73.2 Å². The van der Waals surface area contributed by atoms with Crippen molar-refractivity contribution in [2.45, 2.75) is 37.5 Å². The third-order valence-corrected chi connectivity index (χ3v) is 6.47. The van der Waals surface area contributed by atoms with Crippen LogP contribution < -0.4 is 5.46 Å². The molecule has 22 heavy (non-hydrogen) atoms. The van der Waals surface area contributed by atoms with Gasteiger partial charge in [0, 0.05) is 15.7 Å². The number of hydrogen-bond donors (Lipinski definition) is 4. The molecule has 0 amide bonds. The molecule has 2 nitrogen and oxygen atoms in total. The van der Waals surface area contributed by atoms with Gasteiger partial charge in [0.05, 0.1) is 10.4 Å². The molecule has 114 valence electrons. The van der Waals surface area contributed by atoms with E-state index < -0.39 is 0 Å². The highest BCUT2D eigenvalue weighted by Crippen LogP contribution is 2.46. The molecule has 0 aliphatic heterocycles. The van der Waals surface area contributed by atoms with Gasteiger partial charge in [-0.05, 0) is 44.4 Å². The van der Waals surface area contributed by atoms with Gasteiger partial charge < -0.3 is 5.11 Å². The zero-order chi connectivity index (χ0) is 16.5. The van der Waals surface area contributed by atoms with Crippen molar-refractivity contribution in [1.29, 1.82) is 0 Å². The molecule has 1 aromatic heterocycles. The van der Waals surface area contributed by atoms with E-state index in [0.29, 0.717) is 10.4 Å². The molecule has 0 saturated carbocycles. The van der Waals surface area contributed by atoms with Gasteiger partial charge in [0.2, 0.25) is 0 Å². The van der Waals surface area contributed by atoms with Crippen molar-refractivity contribution in [1.82, 2.24) is 3.97 Å². The van der Waals surface area contributed by atoms with Crippen LogP contribution in [0.3, 0.4) is 0 Å². The number of aryl methyl sites for hydroxylation is 2. The van der Waals surface area contributed by atoms with E-state index in [2.05, 4.69) is 54.1 Å². The summed E-state index contributed by atoms with van der Waals surface area (Å²) in [6.07, 6.45) is 0. The lowest BCUT2D eigenvalue weighted by atomic mass is 9.82. The van der Waals surface area contributed by atoms with E-state index in [-0.39, 0.29) is 5.75 Å². The van der Waals surface area contributed by atoms with Crippen molar-refractivity contribution < 1.29 is 5.11 Å². The number of fused-ring (bicyclic) bond motifs is 3. The van der Waals surface area contributed by atoms with Crippen molar-refractivity contribution in [2.24, 2.45) is 0 Å². The molecule has 1 heterocycles. The highest BCUT2D eigenvalue weighted by atomic mass is 32.1. The van der Waals surface area contributed by atoms with E-state index in [4.69, 9.17) is 12.6 Å². The Bertz CT molecular complexity index is 899. The lowest BCUT2D eigenvalue weighted by molar-refractivity contribution is 0.466. The maximum atomic E-state index is 10.6. The molecule has 1 N–H and O–H groups in total. The van der Waals surface area contributed by atoms with Crippen LogP contribution in [0.25, 0.3) is 21.8 Å². The topological polar surface area (TPSA) is 25.2 Å². The monoisotopic (exact) mass is 347 g/mol. The minimum atomic E-state index is 0.161. The normalized spacial score (nSPS) is 11.8. The second kappa shape index (κ2) is 5.08. The van der Waals surface area contributed by atoms with Crippen molar-refractivity contribution in [3.63, 3.8) is 0 Å². The van der Waals surface area contributed by atoms with Gasteiger partial charge in [-0.2, -0.15) is 0 Å². The fourth-order valence-corrected chi connectivity index (χ4v) is 4.32. The van der Waals surface area contributed by atoms with Crippen LogP contribution in [0, 0.1) is 27.7 Å². The average molecular weight is 347 g/mol. The summed E-state index contributed by atoms with van der Waals surface area (Å²) in [5, 5.41) is 12.6. The summed E-state index contributed by atoms with van der Waals surface area (Å²) in [4.78, 5) is 1.40. The predicted octanol–water partition coefficient (Wildman–Crippen LogP) is 3.26. The van der Waals surface area contributed by atoms with Crippen LogP contribution in [-0.4, -0.2) is 16.9 Å². The summed E-state index contributed by atoms with van der Waals surface area (Å²) in [7, 11) is 2.14. The number of nitrogens with zero attached hydrogens (tertiary/aromatic N) is 1. The lowest BCUT2D eigenvalue weighted by Gasteiger charge is -2.12. The Morgan fingerprint density at radius 1 is 0.818 bits per heavy atom. The van der Waals surface area contributed by atoms with Gasteiger partial charge in [0.15, 0.2) is 5.75 Å². The van der Waals surface area contributed by atoms with Gasteiger partial charge in [-0.15, -0.1) is 25.3 Å². The fourth-order valence-electron chi connectivity index (χ4n) is 3.24. The number of thiol groups is 3. The van der Waals surface area contributed by atoms with Gasteiger partial charge in [0.25, 0.3) is 0 Å². The quantitative estimate of drug-likeness (QED) is 0.364. The highest BCUT2D eigenvalue weighted by molar-refractivity contribution is 7.81. The molecule has 0 fully saturated rings. The first kappa shape index (κ1) is 16.0. The standard InChI is InChI=1S/C16H18BNOS3/c1-5-6(2)12-9(7(3)11(5)17)10-13(18(12)22)14(19)16(21)8(4)15(10)20/h19-22H,17H2,1-4H3. The minimum absolute atomic E-state index is 0.161. The number of phenols is 1. The summed E-state index contributed by atoms with van der Waals surface area (Å²) in [5.41, 5.74) is 7.49. The first-order valence-corrected chi connectivity index (χ1v) is 8.36. The van der Waals surface area contributed by atoms with Crippen LogP contribution in [0.2, 0.25) is 0 Å². The molecule has 0 radical (unpaired) electrons. The molecule has 3 rings (SSSR count). The van der Waals surface area contributed by atoms with Gasteiger partial charge >= 0.3 is 0 Å². The van der Waals surface area contributed by atoms with Crippen LogP contribution >= 0.6 is 38.1 Å². The second-order valence-corrected chi connectivity index (χ2v) is 7.22. The van der Waals surface area contributed by atoms with E-state index >= 15 is 0 Å². The van der Waals surface area contributed by atoms with Crippen molar-refractivity contribution in [3.05, 3.63) is 22.3 Å². The summed E-state index contributed by atoms with van der Waals surface area (Å²) in [6.45, 7) is 8.26. The maximum Gasteiger partial charge on any atom is 0.154 e. The van der Waals surface area contributed by atoms with Crippen molar-refractivity contribution in [3.8, 4) is 5.75 Å². The molecule has 0 aliphatic rings. The van der Waals surface area contributed by atoms with E-state index in [0.717, 1.165) is 26.7 Å². The number of aromatic nitrogens is 1. The van der Waals surface area contributed by atoms with E-state index in [9.17, 15) is 5.11 Å². The Morgan fingerprint density at radius 2 is 1.41 bits per heavy atom. The van der Waals surface area contributed by atoms with Crippen molar-refractivity contribution in [2.75, 3.05) is 0 Å². The number of rotatable bonds is 0. The molecule has 6 heteroatoms. The SMILES string of the molecule is Bc1c(C)c(C)c2c(c1C)c1c(S)c(C)c(S)c(O)c1n2S. The fraction of sp³-hybridized carbons (Fsp3) is 0.250. The molecule has 0 bridgehead atoms. The average Bonchev–Trinajstić information content (AvgIpc) is 2.80. The molecule has 0 aliphatic carbocycles. The third kappa shape index (κ3) is 1.80. The molecule has 0 saturated heterocycles. The van der Waals surface area contributed by atoms with Crippen LogP contribution in [0.5, 0.6) is 5.75 Å². The third-order valence-electron chi connectivity index (χ3n) is 4.96. The summed E-state index contributed by atoms with van der Waals surface area (Å²) in [6, 6.07) is 0. The minimum Gasteiger partial charge on any atom is -0.505 e. The summed E-state index contributed by atoms with van der Waals surface area (Å²) in [5.74, 6) is 0.161. The van der Waals surface area contributed by atoms with Crippen LogP contribution in [0.4, 0.5) is 0 Å². The number of benzene rings is 2. The number of phenolic OH excluding ortho intramolecular Hbond substituents is 1. The molecule has 0 spiro atoms. The van der Waals surface area contributed by atoms with E-state index in [1.807, 2.05) is 6.92 Å². The van der Waals surface area contributed by atoms with E-state index in [1.54, 1.807) is 3.97 Å². The predicted molar refractivity (Wildman–Crippen MR) is 107 cm³/mol. The first-order valence-electron chi connectivity index (χ1n) is 7.07. The first-order chi connectivity index (χ1) is 10.2. The molecular formula is C16H18BNOS3. The Hall–Kier alpha value is -0.845. The highest BCUT2D eigenvalue weighted by Gasteiger charge is 2.23. The summed E-state index contributed by atoms with van der Waals surface area (Å²) < 4.78 is 1.77. The van der Waals surface area contributed by atoms with Gasteiger partial charge in [-0.25, -0.2) is 0 Å². The zero-order valence-electron chi connectivity index (χ0n) is 13.2. The molecule has 0 unspecified atom stereocenters. The van der Waals surface area contributed by atoms with Crippen LogP contribution in [0.15, 0.2) is 9.79 Å². The van der Waals surface area contributed by atoms with Gasteiger partial charge in [0.1, 0.15) is 13.4 Å². The molecule has 2 aromatic carbocycles. The smallest absolute Gasteiger partial charge is 0.154 e. The number of hydrogen-bond acceptors (Lipinski definition) is 4. The Morgan fingerprint density at radius 3 is 2.00 bits per heavy atom. The summed E-state index contributed by atoms with van der Waals surface area (Å²) >= 11 is 13.8.